The van der Waals surface area contributed by atoms with Crippen molar-refractivity contribution in [2.75, 3.05) is 17.2 Å². The van der Waals surface area contributed by atoms with E-state index in [1.165, 1.54) is 6.92 Å². The summed E-state index contributed by atoms with van der Waals surface area (Å²) in [6.07, 6.45) is 2.60. The second-order valence-corrected chi connectivity index (χ2v) is 5.83. The minimum atomic E-state index is -0.166. The predicted molar refractivity (Wildman–Crippen MR) is 82.7 cm³/mol. The van der Waals surface area contributed by atoms with Crippen LogP contribution in [0.4, 0.5) is 11.4 Å². The van der Waals surface area contributed by atoms with Crippen LogP contribution >= 0.6 is 15.9 Å². The summed E-state index contributed by atoms with van der Waals surface area (Å²) in [5.41, 5.74) is 1.21. The van der Waals surface area contributed by atoms with Gasteiger partial charge in [-0.05, 0) is 37.6 Å². The van der Waals surface area contributed by atoms with E-state index in [2.05, 4.69) is 31.9 Å². The van der Waals surface area contributed by atoms with Gasteiger partial charge in [-0.1, -0.05) is 15.9 Å². The summed E-state index contributed by atoms with van der Waals surface area (Å²) in [5, 5.41) is 8.86. The molecule has 1 aliphatic rings. The molecule has 0 spiro atoms. The lowest BCUT2D eigenvalue weighted by Gasteiger charge is -2.14. The fourth-order valence-corrected chi connectivity index (χ4v) is 2.64. The van der Waals surface area contributed by atoms with Crippen molar-refractivity contribution in [1.29, 1.82) is 0 Å². The SMILES string of the molecule is CC(=O)Nc1ccc(Br)cc1NC(=O)CC1CCCN1. The van der Waals surface area contributed by atoms with Crippen LogP contribution in [0.1, 0.15) is 26.2 Å². The lowest BCUT2D eigenvalue weighted by atomic mass is 10.1. The fourth-order valence-electron chi connectivity index (χ4n) is 2.27. The highest BCUT2D eigenvalue weighted by molar-refractivity contribution is 9.10. The highest BCUT2D eigenvalue weighted by Crippen LogP contribution is 2.26. The third-order valence-electron chi connectivity index (χ3n) is 3.16. The molecule has 1 fully saturated rings. The zero-order chi connectivity index (χ0) is 14.5. The summed E-state index contributed by atoms with van der Waals surface area (Å²) in [6, 6.07) is 5.62. The zero-order valence-electron chi connectivity index (χ0n) is 11.3. The third-order valence-corrected chi connectivity index (χ3v) is 3.65. The van der Waals surface area contributed by atoms with Crippen molar-refractivity contribution in [2.24, 2.45) is 0 Å². The van der Waals surface area contributed by atoms with Crippen LogP contribution in [0.25, 0.3) is 0 Å². The van der Waals surface area contributed by atoms with Gasteiger partial charge in [-0.2, -0.15) is 0 Å². The topological polar surface area (TPSA) is 70.2 Å². The van der Waals surface area contributed by atoms with Gasteiger partial charge in [0.25, 0.3) is 0 Å². The molecule has 0 aromatic heterocycles. The van der Waals surface area contributed by atoms with Crippen molar-refractivity contribution in [3.63, 3.8) is 0 Å². The van der Waals surface area contributed by atoms with Gasteiger partial charge >= 0.3 is 0 Å². The first kappa shape index (κ1) is 15.0. The van der Waals surface area contributed by atoms with E-state index in [-0.39, 0.29) is 17.9 Å². The largest absolute Gasteiger partial charge is 0.325 e. The Labute approximate surface area is 126 Å². The van der Waals surface area contributed by atoms with Crippen molar-refractivity contribution in [2.45, 2.75) is 32.2 Å². The first-order valence-electron chi connectivity index (χ1n) is 6.65. The fraction of sp³-hybridized carbons (Fsp3) is 0.429. The molecule has 0 aliphatic carbocycles. The van der Waals surface area contributed by atoms with Crippen molar-refractivity contribution in [3.05, 3.63) is 22.7 Å². The van der Waals surface area contributed by atoms with Gasteiger partial charge < -0.3 is 16.0 Å². The Bertz CT molecular complexity index is 513. The Kier molecular flexibility index (Phi) is 5.14. The van der Waals surface area contributed by atoms with E-state index in [0.29, 0.717) is 17.8 Å². The van der Waals surface area contributed by atoms with Gasteiger partial charge in [0.1, 0.15) is 0 Å². The second kappa shape index (κ2) is 6.85. The lowest BCUT2D eigenvalue weighted by molar-refractivity contribution is -0.117. The maximum absolute atomic E-state index is 12.0. The van der Waals surface area contributed by atoms with Crippen LogP contribution in [0, 0.1) is 0 Å². The molecule has 0 bridgehead atoms. The number of carbonyl (C=O) groups is 2. The number of hydrogen-bond acceptors (Lipinski definition) is 3. The number of nitrogens with one attached hydrogen (secondary N) is 3. The monoisotopic (exact) mass is 339 g/mol. The number of halogens is 1. The van der Waals surface area contributed by atoms with Crippen molar-refractivity contribution >= 4 is 39.1 Å². The molecule has 1 aromatic rings. The summed E-state index contributed by atoms with van der Waals surface area (Å²) >= 11 is 3.36. The van der Waals surface area contributed by atoms with Crippen molar-refractivity contribution in [1.82, 2.24) is 5.32 Å². The van der Waals surface area contributed by atoms with Gasteiger partial charge in [0.2, 0.25) is 11.8 Å². The van der Waals surface area contributed by atoms with Gasteiger partial charge in [0, 0.05) is 23.9 Å². The molecule has 108 valence electrons. The molecule has 1 atom stereocenters. The van der Waals surface area contributed by atoms with E-state index in [1.807, 2.05) is 6.07 Å². The summed E-state index contributed by atoms with van der Waals surface area (Å²) in [4.78, 5) is 23.2. The molecule has 1 heterocycles. The van der Waals surface area contributed by atoms with E-state index in [1.54, 1.807) is 12.1 Å². The Morgan fingerprint density at radius 2 is 2.15 bits per heavy atom. The highest BCUT2D eigenvalue weighted by Gasteiger charge is 2.18. The maximum atomic E-state index is 12.0. The highest BCUT2D eigenvalue weighted by atomic mass is 79.9. The van der Waals surface area contributed by atoms with E-state index >= 15 is 0 Å². The number of anilines is 2. The normalized spacial score (nSPS) is 17.8. The molecule has 3 N–H and O–H groups in total. The summed E-state index contributed by atoms with van der Waals surface area (Å²) < 4.78 is 0.848. The quantitative estimate of drug-likeness (QED) is 0.789. The van der Waals surface area contributed by atoms with E-state index in [9.17, 15) is 9.59 Å². The average Bonchev–Trinajstić information content (AvgIpc) is 2.84. The molecule has 2 amide bonds. The molecule has 20 heavy (non-hydrogen) atoms. The number of benzene rings is 1. The number of carbonyl (C=O) groups excluding carboxylic acids is 2. The smallest absolute Gasteiger partial charge is 0.225 e. The maximum Gasteiger partial charge on any atom is 0.225 e. The Morgan fingerprint density at radius 1 is 1.35 bits per heavy atom. The molecule has 2 rings (SSSR count). The Hall–Kier alpha value is -1.40. The molecule has 1 unspecified atom stereocenters. The van der Waals surface area contributed by atoms with Crippen LogP contribution in [-0.4, -0.2) is 24.4 Å². The van der Waals surface area contributed by atoms with Crippen LogP contribution in [0.5, 0.6) is 0 Å². The number of hydrogen-bond donors (Lipinski definition) is 3. The lowest BCUT2D eigenvalue weighted by Crippen LogP contribution is -2.27. The summed E-state index contributed by atoms with van der Waals surface area (Å²) in [6.45, 7) is 2.42. The molecule has 1 saturated heterocycles. The summed E-state index contributed by atoms with van der Waals surface area (Å²) in [7, 11) is 0. The van der Waals surface area contributed by atoms with Crippen LogP contribution in [0.2, 0.25) is 0 Å². The van der Waals surface area contributed by atoms with Crippen LogP contribution in [0.15, 0.2) is 22.7 Å². The first-order chi connectivity index (χ1) is 9.54. The standard InChI is InChI=1S/C14H18BrN3O2/c1-9(19)17-12-5-4-10(15)7-13(12)18-14(20)8-11-3-2-6-16-11/h4-5,7,11,16H,2-3,6,8H2,1H3,(H,17,19)(H,18,20). The molecule has 6 heteroatoms. The first-order valence-corrected chi connectivity index (χ1v) is 7.44. The molecule has 0 saturated carbocycles. The number of rotatable bonds is 4. The Morgan fingerprint density at radius 3 is 2.80 bits per heavy atom. The minimum absolute atomic E-state index is 0.0471. The third kappa shape index (κ3) is 4.31. The molecule has 0 radical (unpaired) electrons. The van der Waals surface area contributed by atoms with Crippen molar-refractivity contribution < 1.29 is 9.59 Å². The van der Waals surface area contributed by atoms with Gasteiger partial charge in [0.05, 0.1) is 11.4 Å². The van der Waals surface area contributed by atoms with Crippen LogP contribution in [-0.2, 0) is 9.59 Å². The van der Waals surface area contributed by atoms with Crippen molar-refractivity contribution in [3.8, 4) is 0 Å². The second-order valence-electron chi connectivity index (χ2n) is 4.92. The zero-order valence-corrected chi connectivity index (χ0v) is 12.9. The number of amides is 2. The van der Waals surface area contributed by atoms with Gasteiger partial charge in [0.15, 0.2) is 0 Å². The molecule has 5 nitrogen and oxygen atoms in total. The molecular weight excluding hydrogens is 322 g/mol. The van der Waals surface area contributed by atoms with E-state index in [4.69, 9.17) is 0 Å². The average molecular weight is 340 g/mol. The molecule has 1 aromatic carbocycles. The predicted octanol–water partition coefficient (Wildman–Crippen LogP) is 2.49. The van der Waals surface area contributed by atoms with Gasteiger partial charge in [-0.15, -0.1) is 0 Å². The molecule has 1 aliphatic heterocycles. The van der Waals surface area contributed by atoms with Gasteiger partial charge in [-0.3, -0.25) is 9.59 Å². The van der Waals surface area contributed by atoms with Gasteiger partial charge in [-0.25, -0.2) is 0 Å². The van der Waals surface area contributed by atoms with Crippen LogP contribution in [0.3, 0.4) is 0 Å². The molecular formula is C14H18BrN3O2. The summed E-state index contributed by atoms with van der Waals surface area (Å²) in [5.74, 6) is -0.214. The Balaban J connectivity index is 2.04. The van der Waals surface area contributed by atoms with E-state index in [0.717, 1.165) is 23.9 Å². The van der Waals surface area contributed by atoms with E-state index < -0.39 is 0 Å². The minimum Gasteiger partial charge on any atom is -0.325 e. The van der Waals surface area contributed by atoms with Crippen LogP contribution < -0.4 is 16.0 Å².